The molecular formula is C27H29N3O3S. The Morgan fingerprint density at radius 3 is 2.00 bits per heavy atom. The van der Waals surface area contributed by atoms with Crippen molar-refractivity contribution in [2.45, 2.75) is 43.7 Å². The summed E-state index contributed by atoms with van der Waals surface area (Å²) in [5, 5.41) is 12.2. The third kappa shape index (κ3) is 7.01. The third-order valence-corrected chi connectivity index (χ3v) is 6.84. The molecule has 7 heteroatoms. The molecule has 0 bridgehead atoms. The highest BCUT2D eigenvalue weighted by atomic mass is 32.2. The van der Waals surface area contributed by atoms with Crippen LogP contribution in [0, 0.1) is 17.2 Å². The van der Waals surface area contributed by atoms with Crippen LogP contribution in [0.2, 0.25) is 0 Å². The van der Waals surface area contributed by atoms with Crippen LogP contribution in [0.15, 0.2) is 89.8 Å². The van der Waals surface area contributed by atoms with Crippen molar-refractivity contribution in [1.82, 2.24) is 10.0 Å². The molecule has 3 aromatic carbocycles. The van der Waals surface area contributed by atoms with E-state index in [9.17, 15) is 18.5 Å². The predicted octanol–water partition coefficient (Wildman–Crippen LogP) is 4.30. The van der Waals surface area contributed by atoms with Gasteiger partial charge in [0.1, 0.15) is 12.1 Å². The topological polar surface area (TPSA) is 99.1 Å². The molecule has 0 aliphatic heterocycles. The Hall–Kier alpha value is -3.47. The van der Waals surface area contributed by atoms with Crippen molar-refractivity contribution < 1.29 is 13.2 Å². The smallest absolute Gasteiger partial charge is 0.241 e. The second kappa shape index (κ2) is 11.6. The van der Waals surface area contributed by atoms with Gasteiger partial charge in [0.05, 0.1) is 11.0 Å². The highest BCUT2D eigenvalue weighted by Crippen LogP contribution is 2.21. The summed E-state index contributed by atoms with van der Waals surface area (Å²) in [6.07, 6.45) is 0.641. The van der Waals surface area contributed by atoms with E-state index < -0.39 is 28.0 Å². The van der Waals surface area contributed by atoms with Crippen molar-refractivity contribution >= 4 is 15.9 Å². The van der Waals surface area contributed by atoms with Gasteiger partial charge >= 0.3 is 0 Å². The van der Waals surface area contributed by atoms with Gasteiger partial charge in [0.2, 0.25) is 15.9 Å². The standard InChI is InChI=1S/C27H29N3O3S/c1-20(2)17-26(27(31)29-24(19-28)18-21-9-5-3-6-10-21)30-34(32,33)25-15-13-23(14-16-25)22-11-7-4-8-12-22/h3-16,20,24,26,30H,17-18H2,1-2H3,(H,29,31)/t24-,26-/m0/s1. The summed E-state index contributed by atoms with van der Waals surface area (Å²) in [5.41, 5.74) is 2.79. The summed E-state index contributed by atoms with van der Waals surface area (Å²) < 4.78 is 28.7. The Morgan fingerprint density at radius 1 is 0.882 bits per heavy atom. The third-order valence-electron chi connectivity index (χ3n) is 5.35. The molecule has 0 aliphatic rings. The lowest BCUT2D eigenvalue weighted by molar-refractivity contribution is -0.123. The Balaban J connectivity index is 1.74. The molecule has 0 saturated heterocycles. The van der Waals surface area contributed by atoms with Crippen LogP contribution in [0.3, 0.4) is 0 Å². The molecule has 0 unspecified atom stereocenters. The maximum absolute atomic E-state index is 13.1. The molecule has 0 aromatic heterocycles. The second-order valence-electron chi connectivity index (χ2n) is 8.57. The van der Waals surface area contributed by atoms with E-state index in [0.29, 0.717) is 12.8 Å². The summed E-state index contributed by atoms with van der Waals surface area (Å²) in [7, 11) is -3.94. The zero-order valence-corrected chi connectivity index (χ0v) is 20.1. The van der Waals surface area contributed by atoms with Crippen LogP contribution in [0.5, 0.6) is 0 Å². The average Bonchev–Trinajstić information content (AvgIpc) is 2.84. The first-order chi connectivity index (χ1) is 16.3. The minimum Gasteiger partial charge on any atom is -0.339 e. The van der Waals surface area contributed by atoms with Gasteiger partial charge in [-0.05, 0) is 41.2 Å². The Kier molecular flexibility index (Phi) is 8.58. The quantitative estimate of drug-likeness (QED) is 0.457. The number of carbonyl (C=O) groups is 1. The van der Waals surface area contributed by atoms with Gasteiger partial charge in [-0.25, -0.2) is 8.42 Å². The van der Waals surface area contributed by atoms with Gasteiger partial charge in [-0.1, -0.05) is 86.6 Å². The van der Waals surface area contributed by atoms with Crippen LogP contribution in [0.25, 0.3) is 11.1 Å². The molecule has 34 heavy (non-hydrogen) atoms. The lowest BCUT2D eigenvalue weighted by Gasteiger charge is -2.22. The van der Waals surface area contributed by atoms with Crippen molar-refractivity contribution in [2.24, 2.45) is 5.92 Å². The molecule has 176 valence electrons. The van der Waals surface area contributed by atoms with Gasteiger partial charge in [-0.15, -0.1) is 0 Å². The Bertz CT molecular complexity index is 1220. The minimum atomic E-state index is -3.94. The highest BCUT2D eigenvalue weighted by Gasteiger charge is 2.28. The largest absolute Gasteiger partial charge is 0.339 e. The summed E-state index contributed by atoms with van der Waals surface area (Å²) in [6.45, 7) is 3.82. The fraction of sp³-hybridized carbons (Fsp3) is 0.259. The van der Waals surface area contributed by atoms with Crippen molar-refractivity contribution in [3.8, 4) is 17.2 Å². The molecule has 2 atom stereocenters. The molecule has 0 aliphatic carbocycles. The first kappa shape index (κ1) is 25.2. The number of carbonyl (C=O) groups excluding carboxylic acids is 1. The average molecular weight is 476 g/mol. The molecule has 2 N–H and O–H groups in total. The monoisotopic (exact) mass is 475 g/mol. The molecule has 0 heterocycles. The molecule has 0 fully saturated rings. The Morgan fingerprint density at radius 2 is 1.44 bits per heavy atom. The number of sulfonamides is 1. The second-order valence-corrected chi connectivity index (χ2v) is 10.3. The fourth-order valence-corrected chi connectivity index (χ4v) is 4.85. The van der Waals surface area contributed by atoms with E-state index in [2.05, 4.69) is 16.1 Å². The van der Waals surface area contributed by atoms with E-state index in [0.717, 1.165) is 16.7 Å². The fourth-order valence-electron chi connectivity index (χ4n) is 3.64. The molecule has 3 aromatic rings. The van der Waals surface area contributed by atoms with Crippen LogP contribution >= 0.6 is 0 Å². The zero-order valence-electron chi connectivity index (χ0n) is 19.3. The van der Waals surface area contributed by atoms with Gasteiger partial charge in [-0.3, -0.25) is 4.79 Å². The van der Waals surface area contributed by atoms with Gasteiger partial charge in [0.15, 0.2) is 0 Å². The number of amides is 1. The number of benzene rings is 3. The zero-order chi connectivity index (χ0) is 24.6. The van der Waals surface area contributed by atoms with Crippen LogP contribution in [-0.4, -0.2) is 26.4 Å². The summed E-state index contributed by atoms with van der Waals surface area (Å²) in [6, 6.07) is 25.9. The predicted molar refractivity (Wildman–Crippen MR) is 133 cm³/mol. The Labute approximate surface area is 201 Å². The number of hydrogen-bond acceptors (Lipinski definition) is 4. The van der Waals surface area contributed by atoms with Gasteiger partial charge < -0.3 is 5.32 Å². The minimum absolute atomic E-state index is 0.0635. The summed E-state index contributed by atoms with van der Waals surface area (Å²) in [5.74, 6) is -0.450. The summed E-state index contributed by atoms with van der Waals surface area (Å²) in [4.78, 5) is 13.1. The van der Waals surface area contributed by atoms with Crippen molar-refractivity contribution in [3.63, 3.8) is 0 Å². The number of nitriles is 1. The first-order valence-corrected chi connectivity index (χ1v) is 12.7. The van der Waals surface area contributed by atoms with Gasteiger partial charge in [0.25, 0.3) is 0 Å². The highest BCUT2D eigenvalue weighted by molar-refractivity contribution is 7.89. The molecule has 3 rings (SSSR count). The van der Waals surface area contributed by atoms with Gasteiger partial charge in [-0.2, -0.15) is 9.98 Å². The van der Waals surface area contributed by atoms with E-state index in [4.69, 9.17) is 0 Å². The number of hydrogen-bond donors (Lipinski definition) is 2. The molecular weight excluding hydrogens is 446 g/mol. The summed E-state index contributed by atoms with van der Waals surface area (Å²) >= 11 is 0. The first-order valence-electron chi connectivity index (χ1n) is 11.2. The van der Waals surface area contributed by atoms with Crippen molar-refractivity contribution in [3.05, 3.63) is 90.5 Å². The number of nitrogens with one attached hydrogen (secondary N) is 2. The molecule has 6 nitrogen and oxygen atoms in total. The van der Waals surface area contributed by atoms with E-state index in [1.807, 2.05) is 74.5 Å². The molecule has 0 spiro atoms. The molecule has 0 radical (unpaired) electrons. The van der Waals surface area contributed by atoms with E-state index in [1.165, 1.54) is 12.1 Å². The lowest BCUT2D eigenvalue weighted by Crippen LogP contribution is -2.50. The number of nitrogens with zero attached hydrogens (tertiary/aromatic N) is 1. The van der Waals surface area contributed by atoms with Crippen molar-refractivity contribution in [1.29, 1.82) is 5.26 Å². The number of rotatable bonds is 10. The maximum Gasteiger partial charge on any atom is 0.241 e. The lowest BCUT2D eigenvalue weighted by atomic mass is 10.0. The SMILES string of the molecule is CC(C)C[C@H](NS(=O)(=O)c1ccc(-c2ccccc2)cc1)C(=O)N[C@H](C#N)Cc1ccccc1. The van der Waals surface area contributed by atoms with Crippen LogP contribution in [-0.2, 0) is 21.2 Å². The normalized spacial score (nSPS) is 13.1. The van der Waals surface area contributed by atoms with Crippen LogP contribution in [0.4, 0.5) is 0 Å². The maximum atomic E-state index is 13.1. The molecule has 0 saturated carbocycles. The van der Waals surface area contributed by atoms with E-state index in [-0.39, 0.29) is 10.8 Å². The van der Waals surface area contributed by atoms with Crippen LogP contribution in [0.1, 0.15) is 25.8 Å². The molecule has 1 amide bonds. The van der Waals surface area contributed by atoms with E-state index >= 15 is 0 Å². The van der Waals surface area contributed by atoms with Gasteiger partial charge in [0, 0.05) is 6.42 Å². The van der Waals surface area contributed by atoms with Crippen molar-refractivity contribution in [2.75, 3.05) is 0 Å². The van der Waals surface area contributed by atoms with E-state index in [1.54, 1.807) is 12.1 Å². The van der Waals surface area contributed by atoms with Crippen LogP contribution < -0.4 is 10.0 Å².